The normalized spacial score (nSPS) is 14.0. The van der Waals surface area contributed by atoms with Crippen LogP contribution in [-0.4, -0.2) is 21.8 Å². The van der Waals surface area contributed by atoms with Crippen LogP contribution in [0.1, 0.15) is 26.6 Å². The first-order chi connectivity index (χ1) is 6.41. The fourth-order valence-electron chi connectivity index (χ4n) is 1.27. The Bertz CT molecular complexity index is 298. The maximum Gasteiger partial charge on any atom is 0.155 e. The summed E-state index contributed by atoms with van der Waals surface area (Å²) in [7, 11) is 0. The largest absolute Gasteiger partial charge is 0.349 e. The minimum atomic E-state index is -0.471. The summed E-state index contributed by atoms with van der Waals surface area (Å²) >= 11 is 0. The molecule has 0 spiro atoms. The van der Waals surface area contributed by atoms with Gasteiger partial charge >= 0.3 is 0 Å². The quantitative estimate of drug-likeness (QED) is 0.752. The van der Waals surface area contributed by atoms with Crippen molar-refractivity contribution < 1.29 is 4.79 Å². The van der Waals surface area contributed by atoms with Crippen LogP contribution in [0.25, 0.3) is 0 Å². The predicted octanol–water partition coefficient (Wildman–Crippen LogP) is 0.895. The third-order valence-corrected chi connectivity index (χ3v) is 2.04. The number of imidazole rings is 1. The lowest BCUT2D eigenvalue weighted by molar-refractivity contribution is -0.127. The Morgan fingerprint density at radius 1 is 1.64 bits per heavy atom. The number of nitrogens with zero attached hydrogens (tertiary/aromatic N) is 1. The van der Waals surface area contributed by atoms with Gasteiger partial charge in [0.25, 0.3) is 0 Å². The molecule has 4 heteroatoms. The summed E-state index contributed by atoms with van der Waals surface area (Å²) in [6.45, 7) is 5.62. The van der Waals surface area contributed by atoms with Crippen molar-refractivity contribution in [2.75, 3.05) is 0 Å². The zero-order valence-corrected chi connectivity index (χ0v) is 8.87. The van der Waals surface area contributed by atoms with Crippen LogP contribution >= 0.6 is 0 Å². The molecular weight excluding hydrogens is 178 g/mol. The fourth-order valence-corrected chi connectivity index (χ4v) is 1.27. The second kappa shape index (κ2) is 3.92. The van der Waals surface area contributed by atoms with E-state index < -0.39 is 6.04 Å². The van der Waals surface area contributed by atoms with Gasteiger partial charge in [-0.2, -0.15) is 0 Å². The van der Waals surface area contributed by atoms with Crippen molar-refractivity contribution >= 4 is 5.78 Å². The highest BCUT2D eigenvalue weighted by Gasteiger charge is 2.27. The number of rotatable bonds is 3. The predicted molar refractivity (Wildman–Crippen MR) is 54.7 cm³/mol. The van der Waals surface area contributed by atoms with Gasteiger partial charge in [0, 0.05) is 24.2 Å². The number of H-pyrrole nitrogens is 1. The van der Waals surface area contributed by atoms with Crippen LogP contribution in [0.15, 0.2) is 12.4 Å². The van der Waals surface area contributed by atoms with Gasteiger partial charge in [-0.25, -0.2) is 4.98 Å². The van der Waals surface area contributed by atoms with Gasteiger partial charge in [-0.1, -0.05) is 20.8 Å². The molecule has 0 unspecified atom stereocenters. The molecule has 14 heavy (non-hydrogen) atoms. The Morgan fingerprint density at radius 2 is 2.29 bits per heavy atom. The Morgan fingerprint density at radius 3 is 2.71 bits per heavy atom. The summed E-state index contributed by atoms with van der Waals surface area (Å²) in [4.78, 5) is 18.7. The van der Waals surface area contributed by atoms with Crippen molar-refractivity contribution in [3.8, 4) is 0 Å². The lowest BCUT2D eigenvalue weighted by Crippen LogP contribution is -2.40. The zero-order valence-electron chi connectivity index (χ0n) is 8.87. The summed E-state index contributed by atoms with van der Waals surface area (Å²) in [5.41, 5.74) is 5.40. The van der Waals surface area contributed by atoms with E-state index in [1.54, 1.807) is 12.4 Å². The fraction of sp³-hybridized carbons (Fsp3) is 0.600. The molecule has 0 saturated carbocycles. The molecule has 4 nitrogen and oxygen atoms in total. The molecule has 1 aromatic rings. The van der Waals surface area contributed by atoms with Gasteiger partial charge in [0.05, 0.1) is 6.04 Å². The van der Waals surface area contributed by atoms with Crippen molar-refractivity contribution in [2.24, 2.45) is 11.1 Å². The summed E-state index contributed by atoms with van der Waals surface area (Å²) in [6.07, 6.45) is 3.86. The molecule has 0 aliphatic heterocycles. The number of ketones is 1. The van der Waals surface area contributed by atoms with E-state index in [2.05, 4.69) is 9.97 Å². The van der Waals surface area contributed by atoms with Crippen LogP contribution in [-0.2, 0) is 11.2 Å². The number of aromatic nitrogens is 2. The van der Waals surface area contributed by atoms with Crippen LogP contribution in [0.3, 0.4) is 0 Å². The smallest absolute Gasteiger partial charge is 0.155 e. The average Bonchev–Trinajstić information content (AvgIpc) is 2.53. The average molecular weight is 195 g/mol. The SMILES string of the molecule is CC(C)(C)C(=O)[C@@H](N)Cc1ncc[nH]1. The molecule has 0 aliphatic rings. The Labute approximate surface area is 83.9 Å². The first kappa shape index (κ1) is 10.9. The maximum atomic E-state index is 11.7. The van der Waals surface area contributed by atoms with E-state index in [-0.39, 0.29) is 11.2 Å². The van der Waals surface area contributed by atoms with Crippen molar-refractivity contribution in [1.29, 1.82) is 0 Å². The second-order valence-electron chi connectivity index (χ2n) is 4.46. The number of nitrogens with two attached hydrogens (primary N) is 1. The van der Waals surface area contributed by atoms with Gasteiger partial charge < -0.3 is 10.7 Å². The lowest BCUT2D eigenvalue weighted by atomic mass is 9.85. The van der Waals surface area contributed by atoms with Crippen LogP contribution in [0.5, 0.6) is 0 Å². The molecule has 1 aromatic heterocycles. The molecule has 0 saturated heterocycles. The number of nitrogens with one attached hydrogen (secondary N) is 1. The molecule has 3 N–H and O–H groups in total. The second-order valence-corrected chi connectivity index (χ2v) is 4.46. The molecule has 1 rings (SSSR count). The van der Waals surface area contributed by atoms with Crippen molar-refractivity contribution in [3.05, 3.63) is 18.2 Å². The van der Waals surface area contributed by atoms with Crippen molar-refractivity contribution in [1.82, 2.24) is 9.97 Å². The van der Waals surface area contributed by atoms with E-state index in [0.29, 0.717) is 6.42 Å². The standard InChI is InChI=1S/C10H17N3O/c1-10(2,3)9(14)7(11)6-8-12-4-5-13-8/h4-5,7H,6,11H2,1-3H3,(H,12,13)/t7-/m0/s1. The highest BCUT2D eigenvalue weighted by molar-refractivity contribution is 5.88. The van der Waals surface area contributed by atoms with Gasteiger partial charge in [-0.05, 0) is 0 Å². The van der Waals surface area contributed by atoms with E-state index in [9.17, 15) is 4.79 Å². The van der Waals surface area contributed by atoms with E-state index in [1.165, 1.54) is 0 Å². The van der Waals surface area contributed by atoms with E-state index in [0.717, 1.165) is 5.82 Å². The highest BCUT2D eigenvalue weighted by Crippen LogP contribution is 2.17. The molecule has 0 bridgehead atoms. The molecule has 0 aromatic carbocycles. The van der Waals surface area contributed by atoms with Crippen molar-refractivity contribution in [3.63, 3.8) is 0 Å². The van der Waals surface area contributed by atoms with Gasteiger partial charge in [-0.15, -0.1) is 0 Å². The summed E-state index contributed by atoms with van der Waals surface area (Å²) in [6, 6.07) is -0.471. The number of aromatic amines is 1. The Hall–Kier alpha value is -1.16. The molecule has 0 amide bonds. The molecule has 0 radical (unpaired) electrons. The molecular formula is C10H17N3O. The van der Waals surface area contributed by atoms with Crippen LogP contribution in [0.4, 0.5) is 0 Å². The number of hydrogen-bond acceptors (Lipinski definition) is 3. The summed E-state index contributed by atoms with van der Waals surface area (Å²) < 4.78 is 0. The molecule has 0 fully saturated rings. The molecule has 1 atom stereocenters. The first-order valence-corrected chi connectivity index (χ1v) is 4.69. The van der Waals surface area contributed by atoms with Crippen molar-refractivity contribution in [2.45, 2.75) is 33.2 Å². The molecule has 78 valence electrons. The molecule has 1 heterocycles. The van der Waals surface area contributed by atoms with Crippen LogP contribution < -0.4 is 5.73 Å². The first-order valence-electron chi connectivity index (χ1n) is 4.69. The minimum absolute atomic E-state index is 0.0638. The Kier molecular flexibility index (Phi) is 3.06. The lowest BCUT2D eigenvalue weighted by Gasteiger charge is -2.20. The van der Waals surface area contributed by atoms with Crippen LogP contribution in [0.2, 0.25) is 0 Å². The van der Waals surface area contributed by atoms with E-state index in [4.69, 9.17) is 5.73 Å². The highest BCUT2D eigenvalue weighted by atomic mass is 16.1. The number of Topliss-reactive ketones (excluding diaryl/α,β-unsaturated/α-hetero) is 1. The van der Waals surface area contributed by atoms with E-state index >= 15 is 0 Å². The van der Waals surface area contributed by atoms with Crippen LogP contribution in [0, 0.1) is 5.41 Å². The summed E-state index contributed by atoms with van der Waals surface area (Å²) in [5.74, 6) is 0.823. The number of carbonyl (C=O) groups is 1. The van der Waals surface area contributed by atoms with Gasteiger partial charge in [0.1, 0.15) is 5.82 Å². The third kappa shape index (κ3) is 2.67. The maximum absolute atomic E-state index is 11.7. The zero-order chi connectivity index (χ0) is 10.8. The van der Waals surface area contributed by atoms with E-state index in [1.807, 2.05) is 20.8 Å². The summed E-state index contributed by atoms with van der Waals surface area (Å²) in [5, 5.41) is 0. The minimum Gasteiger partial charge on any atom is -0.349 e. The Balaban J connectivity index is 2.59. The number of carbonyl (C=O) groups excluding carboxylic acids is 1. The number of hydrogen-bond donors (Lipinski definition) is 2. The molecule has 0 aliphatic carbocycles. The van der Waals surface area contributed by atoms with Gasteiger partial charge in [0.15, 0.2) is 5.78 Å². The topological polar surface area (TPSA) is 71.8 Å². The third-order valence-electron chi connectivity index (χ3n) is 2.04. The monoisotopic (exact) mass is 195 g/mol. The van der Waals surface area contributed by atoms with Gasteiger partial charge in [-0.3, -0.25) is 4.79 Å². The van der Waals surface area contributed by atoms with Gasteiger partial charge in [0.2, 0.25) is 0 Å².